The van der Waals surface area contributed by atoms with Crippen LogP contribution in [-0.4, -0.2) is 89.2 Å². The minimum absolute atomic E-state index is 0.213. The number of nitrogens with zero attached hydrogens (tertiary/aromatic N) is 3. The van der Waals surface area contributed by atoms with E-state index in [9.17, 15) is 19.5 Å². The van der Waals surface area contributed by atoms with Gasteiger partial charge in [0, 0.05) is 26.7 Å². The Morgan fingerprint density at radius 2 is 1.74 bits per heavy atom. The number of likely N-dealkylation sites (tertiary alicyclic amines) is 2. The number of rotatable bonds is 5. The molecule has 0 spiro atoms. The topological polar surface area (TPSA) is 90.4 Å². The Balaban J connectivity index is 2.05. The van der Waals surface area contributed by atoms with Gasteiger partial charge in [0.25, 0.3) is 0 Å². The van der Waals surface area contributed by atoms with E-state index in [0.717, 1.165) is 19.6 Å². The highest BCUT2D eigenvalue weighted by atomic mass is 16.6. The maximum absolute atomic E-state index is 12.9. The Bertz CT molecular complexity index is 554. The molecule has 2 aliphatic heterocycles. The molecule has 0 saturated carbocycles. The smallest absolute Gasteiger partial charge is 0.411 e. The van der Waals surface area contributed by atoms with Crippen LogP contribution < -0.4 is 0 Å². The van der Waals surface area contributed by atoms with E-state index < -0.39 is 29.6 Å². The first-order valence-electron chi connectivity index (χ1n) is 9.80. The molecule has 2 aliphatic rings. The molecular weight excluding hydrogens is 350 g/mol. The van der Waals surface area contributed by atoms with E-state index in [4.69, 9.17) is 4.74 Å². The quantitative estimate of drug-likeness (QED) is 0.776. The minimum Gasteiger partial charge on any atom is -0.480 e. The number of carbonyl (C=O) groups is 3. The number of hydrogen-bond donors (Lipinski definition) is 1. The summed E-state index contributed by atoms with van der Waals surface area (Å²) in [5.41, 5.74) is -0.719. The van der Waals surface area contributed by atoms with Crippen molar-refractivity contribution in [3.63, 3.8) is 0 Å². The van der Waals surface area contributed by atoms with Crippen molar-refractivity contribution in [3.8, 4) is 0 Å². The van der Waals surface area contributed by atoms with Crippen LogP contribution in [0.15, 0.2) is 0 Å². The van der Waals surface area contributed by atoms with Crippen molar-refractivity contribution in [3.05, 3.63) is 0 Å². The summed E-state index contributed by atoms with van der Waals surface area (Å²) in [7, 11) is 1.71. The Kier molecular flexibility index (Phi) is 7.08. The van der Waals surface area contributed by atoms with Crippen LogP contribution in [0.25, 0.3) is 0 Å². The molecule has 2 amide bonds. The van der Waals surface area contributed by atoms with Crippen molar-refractivity contribution in [2.45, 2.75) is 58.1 Å². The number of ether oxygens (including phenoxy) is 1. The van der Waals surface area contributed by atoms with Gasteiger partial charge >= 0.3 is 12.1 Å². The monoisotopic (exact) mass is 383 g/mol. The summed E-state index contributed by atoms with van der Waals surface area (Å²) in [6.07, 6.45) is 2.74. The number of likely N-dealkylation sites (N-methyl/N-ethyl adjacent to an activating group) is 1. The second-order valence-corrected chi connectivity index (χ2v) is 8.51. The lowest BCUT2D eigenvalue weighted by atomic mass is 9.88. The molecule has 2 saturated heterocycles. The van der Waals surface area contributed by atoms with Crippen molar-refractivity contribution >= 4 is 18.0 Å². The standard InChI is InChI=1S/C19H33N3O5/c1-19(2,3)27-18(26)22-11-7-8-14(15(22)17(24)25)16(23)20(4)12-13-21-9-5-6-10-21/h14-15H,5-13H2,1-4H3,(H,24,25)/t14-,15+/m0/s1. The van der Waals surface area contributed by atoms with Gasteiger partial charge in [-0.25, -0.2) is 9.59 Å². The van der Waals surface area contributed by atoms with Gasteiger partial charge in [0.1, 0.15) is 11.6 Å². The molecule has 27 heavy (non-hydrogen) atoms. The van der Waals surface area contributed by atoms with Crippen molar-refractivity contribution in [1.29, 1.82) is 0 Å². The van der Waals surface area contributed by atoms with Gasteiger partial charge in [0.15, 0.2) is 0 Å². The highest BCUT2D eigenvalue weighted by molar-refractivity contribution is 5.89. The third-order valence-corrected chi connectivity index (χ3v) is 5.16. The summed E-state index contributed by atoms with van der Waals surface area (Å²) >= 11 is 0. The summed E-state index contributed by atoms with van der Waals surface area (Å²) in [5.74, 6) is -2.12. The molecule has 1 N–H and O–H groups in total. The average molecular weight is 383 g/mol. The van der Waals surface area contributed by atoms with Crippen LogP contribution >= 0.6 is 0 Å². The lowest BCUT2D eigenvalue weighted by molar-refractivity contribution is -0.153. The molecule has 2 fully saturated rings. The van der Waals surface area contributed by atoms with E-state index in [1.165, 1.54) is 17.7 Å². The normalized spacial score (nSPS) is 23.9. The van der Waals surface area contributed by atoms with Gasteiger partial charge in [-0.1, -0.05) is 0 Å². The van der Waals surface area contributed by atoms with Crippen LogP contribution in [-0.2, 0) is 14.3 Å². The Labute approximate surface area is 161 Å². The summed E-state index contributed by atoms with van der Waals surface area (Å²) in [5, 5.41) is 9.73. The van der Waals surface area contributed by atoms with Crippen LogP contribution in [0.4, 0.5) is 4.79 Å². The van der Waals surface area contributed by atoms with Crippen LogP contribution in [0.2, 0.25) is 0 Å². The molecule has 0 aliphatic carbocycles. The van der Waals surface area contributed by atoms with Gasteiger partial charge in [-0.2, -0.15) is 0 Å². The maximum Gasteiger partial charge on any atom is 0.411 e. The summed E-state index contributed by atoms with van der Waals surface area (Å²) in [6.45, 7) is 8.95. The van der Waals surface area contributed by atoms with Gasteiger partial charge in [0.2, 0.25) is 5.91 Å². The van der Waals surface area contributed by atoms with Crippen LogP contribution in [0.1, 0.15) is 46.5 Å². The van der Waals surface area contributed by atoms with E-state index in [0.29, 0.717) is 19.4 Å². The number of carboxylic acids is 1. The van der Waals surface area contributed by atoms with Gasteiger partial charge < -0.3 is 19.6 Å². The van der Waals surface area contributed by atoms with Crippen molar-refractivity contribution in [1.82, 2.24) is 14.7 Å². The SMILES string of the molecule is CN(CCN1CCCC1)C(=O)[C@H]1CCCN(C(=O)OC(C)(C)C)[C@H]1C(=O)O. The van der Waals surface area contributed by atoms with E-state index in [2.05, 4.69) is 4.90 Å². The fourth-order valence-corrected chi connectivity index (χ4v) is 3.78. The number of hydrogen-bond acceptors (Lipinski definition) is 5. The predicted octanol–water partition coefficient (Wildman–Crippen LogP) is 1.64. The lowest BCUT2D eigenvalue weighted by Gasteiger charge is -2.39. The number of aliphatic carboxylic acids is 1. The molecule has 2 rings (SSSR count). The van der Waals surface area contributed by atoms with Gasteiger partial charge in [-0.05, 0) is 59.5 Å². The molecule has 0 radical (unpaired) electrons. The van der Waals surface area contributed by atoms with Gasteiger partial charge in [-0.15, -0.1) is 0 Å². The first-order chi connectivity index (χ1) is 12.6. The molecule has 0 aromatic rings. The first-order valence-corrected chi connectivity index (χ1v) is 9.80. The average Bonchev–Trinajstić information content (AvgIpc) is 3.10. The number of carboxylic acid groups (broad SMARTS) is 1. The third kappa shape index (κ3) is 5.82. The fourth-order valence-electron chi connectivity index (χ4n) is 3.78. The maximum atomic E-state index is 12.9. The molecule has 8 nitrogen and oxygen atoms in total. The van der Waals surface area contributed by atoms with Crippen molar-refractivity contribution in [2.24, 2.45) is 5.92 Å². The number of amides is 2. The second kappa shape index (κ2) is 8.91. The summed E-state index contributed by atoms with van der Waals surface area (Å²) in [4.78, 5) is 42.4. The predicted molar refractivity (Wildman–Crippen MR) is 100 cm³/mol. The molecule has 0 bridgehead atoms. The molecule has 0 unspecified atom stereocenters. The molecule has 2 atom stereocenters. The molecule has 2 heterocycles. The molecule has 8 heteroatoms. The van der Waals surface area contributed by atoms with Gasteiger partial charge in [0.05, 0.1) is 5.92 Å². The van der Waals surface area contributed by atoms with E-state index in [-0.39, 0.29) is 12.5 Å². The van der Waals surface area contributed by atoms with Crippen LogP contribution in [0.3, 0.4) is 0 Å². The van der Waals surface area contributed by atoms with Crippen LogP contribution in [0.5, 0.6) is 0 Å². The minimum atomic E-state index is -1.18. The highest BCUT2D eigenvalue weighted by Crippen LogP contribution is 2.27. The highest BCUT2D eigenvalue weighted by Gasteiger charge is 2.45. The van der Waals surface area contributed by atoms with E-state index in [1.54, 1.807) is 32.7 Å². The second-order valence-electron chi connectivity index (χ2n) is 8.51. The zero-order valence-corrected chi connectivity index (χ0v) is 16.9. The molecule has 0 aromatic heterocycles. The summed E-state index contributed by atoms with van der Waals surface area (Å²) in [6, 6.07) is -1.18. The largest absolute Gasteiger partial charge is 0.480 e. The molecule has 0 aromatic carbocycles. The summed E-state index contributed by atoms with van der Waals surface area (Å²) < 4.78 is 5.35. The Morgan fingerprint density at radius 3 is 2.30 bits per heavy atom. The third-order valence-electron chi connectivity index (χ3n) is 5.16. The zero-order chi connectivity index (χ0) is 20.2. The molecule has 154 valence electrons. The van der Waals surface area contributed by atoms with E-state index >= 15 is 0 Å². The number of carbonyl (C=O) groups excluding carboxylic acids is 2. The molecular formula is C19H33N3O5. The van der Waals surface area contributed by atoms with E-state index in [1.807, 2.05) is 0 Å². The Hall–Kier alpha value is -1.83. The van der Waals surface area contributed by atoms with Gasteiger partial charge in [-0.3, -0.25) is 9.69 Å². The van der Waals surface area contributed by atoms with Crippen molar-refractivity contribution < 1.29 is 24.2 Å². The lowest BCUT2D eigenvalue weighted by Crippen LogP contribution is -2.57. The Morgan fingerprint density at radius 1 is 1.11 bits per heavy atom. The van der Waals surface area contributed by atoms with Crippen molar-refractivity contribution in [2.75, 3.05) is 39.8 Å². The number of piperidine rings is 1. The first kappa shape index (κ1) is 21.5. The fraction of sp³-hybridized carbons (Fsp3) is 0.842. The zero-order valence-electron chi connectivity index (χ0n) is 16.9. The van der Waals surface area contributed by atoms with Crippen LogP contribution in [0, 0.1) is 5.92 Å².